The molecule has 5 nitrogen and oxygen atoms in total. The van der Waals surface area contributed by atoms with Crippen molar-refractivity contribution < 1.29 is 13.9 Å². The monoisotopic (exact) mass is 473 g/mol. The molecule has 35 heavy (non-hydrogen) atoms. The number of halogens is 1. The summed E-state index contributed by atoms with van der Waals surface area (Å²) in [4.78, 5) is 13.2. The Kier molecular flexibility index (Phi) is 6.82. The molecule has 182 valence electrons. The first-order chi connectivity index (χ1) is 17.0. The summed E-state index contributed by atoms with van der Waals surface area (Å²) in [5.74, 6) is 0.136. The van der Waals surface area contributed by atoms with Crippen molar-refractivity contribution in [3.8, 4) is 11.3 Å². The SMILES string of the molecule is C[C@H](CCCC(=O)c1cn(C)c2ccc(-c3ccnn3C3CCCCO3)cc12)c1cccc(F)c1. The van der Waals surface area contributed by atoms with Crippen LogP contribution >= 0.6 is 0 Å². The van der Waals surface area contributed by atoms with Gasteiger partial charge in [-0.15, -0.1) is 0 Å². The van der Waals surface area contributed by atoms with Gasteiger partial charge in [0.15, 0.2) is 12.0 Å². The molecule has 1 unspecified atom stereocenters. The van der Waals surface area contributed by atoms with Gasteiger partial charge in [0.05, 0.1) is 5.69 Å². The van der Waals surface area contributed by atoms with E-state index in [1.165, 1.54) is 6.07 Å². The van der Waals surface area contributed by atoms with Crippen molar-refractivity contribution >= 4 is 16.7 Å². The molecule has 0 radical (unpaired) electrons. The first-order valence-corrected chi connectivity index (χ1v) is 12.5. The number of hydrogen-bond acceptors (Lipinski definition) is 3. The van der Waals surface area contributed by atoms with E-state index in [2.05, 4.69) is 30.2 Å². The normalized spacial score (nSPS) is 17.1. The van der Waals surface area contributed by atoms with Gasteiger partial charge < -0.3 is 9.30 Å². The van der Waals surface area contributed by atoms with Gasteiger partial charge in [0.25, 0.3) is 0 Å². The minimum Gasteiger partial charge on any atom is -0.356 e. The van der Waals surface area contributed by atoms with Gasteiger partial charge in [-0.05, 0) is 73.9 Å². The van der Waals surface area contributed by atoms with E-state index in [0.29, 0.717) is 6.42 Å². The van der Waals surface area contributed by atoms with Crippen LogP contribution in [0.4, 0.5) is 4.39 Å². The van der Waals surface area contributed by atoms with Gasteiger partial charge in [0.1, 0.15) is 5.82 Å². The minimum absolute atomic E-state index is 0.0404. The van der Waals surface area contributed by atoms with E-state index in [4.69, 9.17) is 4.74 Å². The number of ketones is 1. The van der Waals surface area contributed by atoms with Crippen molar-refractivity contribution in [3.05, 3.63) is 77.9 Å². The quantitative estimate of drug-likeness (QED) is 0.258. The summed E-state index contributed by atoms with van der Waals surface area (Å²) < 4.78 is 23.5. The molecule has 0 aliphatic carbocycles. The topological polar surface area (TPSA) is 49.0 Å². The Bertz CT molecular complexity index is 1330. The van der Waals surface area contributed by atoms with Crippen LogP contribution in [0.2, 0.25) is 0 Å². The lowest BCUT2D eigenvalue weighted by Crippen LogP contribution is -2.19. The second-order valence-electron chi connectivity index (χ2n) is 9.64. The van der Waals surface area contributed by atoms with E-state index >= 15 is 0 Å². The van der Waals surface area contributed by atoms with E-state index in [-0.39, 0.29) is 23.7 Å². The number of nitrogens with zero attached hydrogens (tertiary/aromatic N) is 3. The highest BCUT2D eigenvalue weighted by Crippen LogP contribution is 2.32. The lowest BCUT2D eigenvalue weighted by Gasteiger charge is -2.24. The van der Waals surface area contributed by atoms with Gasteiger partial charge in [-0.25, -0.2) is 9.07 Å². The average molecular weight is 474 g/mol. The van der Waals surface area contributed by atoms with Crippen molar-refractivity contribution in [2.24, 2.45) is 7.05 Å². The Labute approximate surface area is 205 Å². The maximum Gasteiger partial charge on any atom is 0.165 e. The predicted molar refractivity (Wildman–Crippen MR) is 136 cm³/mol. The van der Waals surface area contributed by atoms with E-state index in [1.54, 1.807) is 12.1 Å². The van der Waals surface area contributed by atoms with Crippen LogP contribution in [0.15, 0.2) is 60.9 Å². The average Bonchev–Trinajstić information content (AvgIpc) is 3.49. The molecule has 5 rings (SSSR count). The zero-order valence-electron chi connectivity index (χ0n) is 20.4. The van der Waals surface area contributed by atoms with Crippen molar-refractivity contribution in [2.45, 2.75) is 57.6 Å². The molecule has 2 aromatic heterocycles. The van der Waals surface area contributed by atoms with Crippen LogP contribution < -0.4 is 0 Å². The number of aryl methyl sites for hydroxylation is 1. The number of hydrogen-bond donors (Lipinski definition) is 0. The molecule has 1 aliphatic rings. The van der Waals surface area contributed by atoms with Crippen molar-refractivity contribution in [1.82, 2.24) is 14.3 Å². The minimum atomic E-state index is -0.214. The van der Waals surface area contributed by atoms with E-state index in [9.17, 15) is 9.18 Å². The molecule has 0 amide bonds. The first-order valence-electron chi connectivity index (χ1n) is 12.5. The van der Waals surface area contributed by atoms with Crippen molar-refractivity contribution in [3.63, 3.8) is 0 Å². The second kappa shape index (κ2) is 10.2. The Hall–Kier alpha value is -3.25. The van der Waals surface area contributed by atoms with E-state index in [0.717, 1.165) is 72.0 Å². The van der Waals surface area contributed by atoms with Gasteiger partial charge in [-0.2, -0.15) is 5.10 Å². The smallest absolute Gasteiger partial charge is 0.165 e. The third-order valence-corrected chi connectivity index (χ3v) is 7.14. The van der Waals surface area contributed by atoms with Crippen LogP contribution in [0.25, 0.3) is 22.2 Å². The van der Waals surface area contributed by atoms with Crippen LogP contribution in [-0.4, -0.2) is 26.7 Å². The van der Waals surface area contributed by atoms with Gasteiger partial charge in [0.2, 0.25) is 0 Å². The molecular formula is C29H32FN3O2. The first kappa shape index (κ1) is 23.5. The fourth-order valence-corrected chi connectivity index (χ4v) is 5.15. The van der Waals surface area contributed by atoms with Crippen LogP contribution in [0.3, 0.4) is 0 Å². The summed E-state index contributed by atoms with van der Waals surface area (Å²) >= 11 is 0. The highest BCUT2D eigenvalue weighted by molar-refractivity contribution is 6.08. The largest absolute Gasteiger partial charge is 0.356 e. The van der Waals surface area contributed by atoms with Gasteiger partial charge >= 0.3 is 0 Å². The molecule has 2 atom stereocenters. The molecule has 1 fully saturated rings. The number of benzene rings is 2. The molecule has 1 aliphatic heterocycles. The van der Waals surface area contributed by atoms with Crippen molar-refractivity contribution in [2.75, 3.05) is 6.61 Å². The maximum absolute atomic E-state index is 13.5. The zero-order chi connectivity index (χ0) is 24.4. The zero-order valence-corrected chi connectivity index (χ0v) is 20.4. The number of Topliss-reactive ketones (excluding diaryl/α,β-unsaturated/α-hetero) is 1. The van der Waals surface area contributed by atoms with Crippen LogP contribution in [0.5, 0.6) is 0 Å². The fourth-order valence-electron chi connectivity index (χ4n) is 5.15. The summed E-state index contributed by atoms with van der Waals surface area (Å²) in [5.41, 5.74) is 4.80. The molecule has 0 spiro atoms. The van der Waals surface area contributed by atoms with Gasteiger partial charge in [-0.1, -0.05) is 25.1 Å². The molecule has 1 saturated heterocycles. The highest BCUT2D eigenvalue weighted by Gasteiger charge is 2.21. The molecular weight excluding hydrogens is 441 g/mol. The lowest BCUT2D eigenvalue weighted by molar-refractivity contribution is -0.0383. The Morgan fingerprint density at radius 2 is 2.09 bits per heavy atom. The highest BCUT2D eigenvalue weighted by atomic mass is 19.1. The Morgan fingerprint density at radius 3 is 2.89 bits per heavy atom. The van der Waals surface area contributed by atoms with Crippen LogP contribution in [0.1, 0.15) is 73.5 Å². The third kappa shape index (κ3) is 4.94. The number of rotatable bonds is 8. The molecule has 2 aromatic carbocycles. The van der Waals surface area contributed by atoms with E-state index < -0.39 is 0 Å². The number of carbonyl (C=O) groups is 1. The summed E-state index contributed by atoms with van der Waals surface area (Å²) in [6.45, 7) is 2.85. The summed E-state index contributed by atoms with van der Waals surface area (Å²) in [5, 5.41) is 5.51. The van der Waals surface area contributed by atoms with Crippen LogP contribution in [0, 0.1) is 5.82 Å². The molecule has 0 N–H and O–H groups in total. The predicted octanol–water partition coefficient (Wildman–Crippen LogP) is 7.04. The standard InChI is InChI=1S/C29H32FN3O2/c1-20(21-8-6-9-23(30)17-21)7-5-10-28(34)25-19-32(2)27-13-12-22(18-24(25)27)26-14-15-31-33(26)29-11-3-4-16-35-29/h6,8-9,12-15,17-20,29H,3-5,7,10-11,16H2,1-2H3/t20-,29?/m1/s1. The molecule has 0 bridgehead atoms. The maximum atomic E-state index is 13.5. The van der Waals surface area contributed by atoms with Crippen LogP contribution in [-0.2, 0) is 11.8 Å². The summed E-state index contributed by atoms with van der Waals surface area (Å²) in [6, 6.07) is 15.0. The Balaban J connectivity index is 1.34. The molecule has 6 heteroatoms. The van der Waals surface area contributed by atoms with Crippen molar-refractivity contribution in [1.29, 1.82) is 0 Å². The fraction of sp³-hybridized carbons (Fsp3) is 0.379. The summed E-state index contributed by atoms with van der Waals surface area (Å²) in [6.07, 6.45) is 8.97. The number of aromatic nitrogens is 3. The second-order valence-corrected chi connectivity index (χ2v) is 9.64. The van der Waals surface area contributed by atoms with Gasteiger partial charge in [-0.3, -0.25) is 4.79 Å². The number of ether oxygens (including phenoxy) is 1. The molecule has 3 heterocycles. The van der Waals surface area contributed by atoms with E-state index in [1.807, 2.05) is 40.8 Å². The molecule has 4 aromatic rings. The molecule has 0 saturated carbocycles. The number of fused-ring (bicyclic) bond motifs is 1. The third-order valence-electron chi connectivity index (χ3n) is 7.14. The lowest BCUT2D eigenvalue weighted by atomic mass is 9.94. The van der Waals surface area contributed by atoms with Gasteiger partial charge in [0, 0.05) is 54.5 Å². The summed E-state index contributed by atoms with van der Waals surface area (Å²) in [7, 11) is 1.98. The Morgan fingerprint density at radius 1 is 1.20 bits per heavy atom. The number of carbonyl (C=O) groups excluding carboxylic acids is 1.